The van der Waals surface area contributed by atoms with Gasteiger partial charge in [0.25, 0.3) is 0 Å². The van der Waals surface area contributed by atoms with Crippen LogP contribution in [0, 0.1) is 0 Å². The molecule has 0 aromatic carbocycles. The molecule has 0 saturated carbocycles. The second-order valence-electron chi connectivity index (χ2n) is 7.36. The van der Waals surface area contributed by atoms with Crippen molar-refractivity contribution in [1.82, 2.24) is 20.4 Å². The highest BCUT2D eigenvalue weighted by atomic mass is 16.6. The number of guanidine groups is 1. The van der Waals surface area contributed by atoms with Crippen LogP contribution in [0.1, 0.15) is 47.5 Å². The van der Waals surface area contributed by atoms with Gasteiger partial charge in [0.15, 0.2) is 5.96 Å². The van der Waals surface area contributed by atoms with E-state index in [2.05, 4.69) is 27.4 Å². The Labute approximate surface area is 153 Å². The number of rotatable bonds is 7. The van der Waals surface area contributed by atoms with E-state index in [-0.39, 0.29) is 6.09 Å². The van der Waals surface area contributed by atoms with Gasteiger partial charge in [0.2, 0.25) is 0 Å². The van der Waals surface area contributed by atoms with Crippen LogP contribution in [0.2, 0.25) is 0 Å². The van der Waals surface area contributed by atoms with Gasteiger partial charge in [-0.15, -0.1) is 0 Å². The van der Waals surface area contributed by atoms with E-state index in [9.17, 15) is 4.79 Å². The van der Waals surface area contributed by atoms with E-state index in [0.717, 1.165) is 19.0 Å². The van der Waals surface area contributed by atoms with Crippen molar-refractivity contribution in [3.05, 3.63) is 0 Å². The smallest absolute Gasteiger partial charge is 0.410 e. The number of hydrogen-bond donors (Lipinski definition) is 2. The van der Waals surface area contributed by atoms with Crippen molar-refractivity contribution in [3.63, 3.8) is 0 Å². The first-order chi connectivity index (χ1) is 11.8. The van der Waals surface area contributed by atoms with Crippen LogP contribution in [0.15, 0.2) is 4.99 Å². The van der Waals surface area contributed by atoms with Crippen molar-refractivity contribution in [1.29, 1.82) is 0 Å². The van der Waals surface area contributed by atoms with Crippen LogP contribution >= 0.6 is 0 Å². The van der Waals surface area contributed by atoms with Crippen LogP contribution in [0.25, 0.3) is 0 Å². The molecule has 0 aromatic heterocycles. The number of nitrogens with one attached hydrogen (secondary N) is 2. The molecular formula is C18H37N5O2. The van der Waals surface area contributed by atoms with Gasteiger partial charge in [-0.2, -0.15) is 0 Å². The Hall–Kier alpha value is -1.50. The number of hydrogen-bond acceptors (Lipinski definition) is 4. The van der Waals surface area contributed by atoms with Gasteiger partial charge in [-0.3, -0.25) is 9.89 Å². The third kappa shape index (κ3) is 7.94. The van der Waals surface area contributed by atoms with Crippen LogP contribution in [-0.2, 0) is 4.74 Å². The van der Waals surface area contributed by atoms with Gasteiger partial charge in [0, 0.05) is 39.3 Å². The van der Waals surface area contributed by atoms with Gasteiger partial charge in [0.1, 0.15) is 5.60 Å². The average molecular weight is 356 g/mol. The normalized spacial score (nSPS) is 19.0. The Bertz CT molecular complexity index is 434. The second kappa shape index (κ2) is 10.5. The second-order valence-corrected chi connectivity index (χ2v) is 7.36. The number of carbonyl (C=O) groups is 1. The van der Waals surface area contributed by atoms with Crippen LogP contribution in [0.3, 0.4) is 0 Å². The maximum Gasteiger partial charge on any atom is 0.410 e. The van der Waals surface area contributed by atoms with Gasteiger partial charge >= 0.3 is 6.09 Å². The van der Waals surface area contributed by atoms with Crippen molar-refractivity contribution in [2.24, 2.45) is 4.99 Å². The summed E-state index contributed by atoms with van der Waals surface area (Å²) in [5.74, 6) is 0.781. The minimum absolute atomic E-state index is 0.274. The molecule has 0 spiro atoms. The number of ether oxygens (including phenoxy) is 1. The summed E-state index contributed by atoms with van der Waals surface area (Å²) >= 11 is 0. The average Bonchev–Trinajstić information content (AvgIpc) is 3.00. The first-order valence-electron chi connectivity index (χ1n) is 9.47. The molecule has 1 rings (SSSR count). The van der Waals surface area contributed by atoms with Crippen LogP contribution in [-0.4, -0.2) is 79.8 Å². The largest absolute Gasteiger partial charge is 0.444 e. The molecule has 0 aliphatic carbocycles. The number of nitrogens with zero attached hydrogens (tertiary/aromatic N) is 3. The minimum Gasteiger partial charge on any atom is -0.444 e. The number of likely N-dealkylation sites (N-methyl/N-ethyl adjacent to an activating group) is 2. The van der Waals surface area contributed by atoms with E-state index in [1.807, 2.05) is 27.7 Å². The van der Waals surface area contributed by atoms with E-state index in [4.69, 9.17) is 4.74 Å². The van der Waals surface area contributed by atoms with E-state index in [0.29, 0.717) is 25.7 Å². The molecule has 1 unspecified atom stereocenters. The predicted octanol–water partition coefficient (Wildman–Crippen LogP) is 1.89. The highest BCUT2D eigenvalue weighted by Gasteiger charge is 2.23. The Morgan fingerprint density at radius 3 is 2.60 bits per heavy atom. The molecule has 0 radical (unpaired) electrons. The molecular weight excluding hydrogens is 318 g/mol. The summed E-state index contributed by atoms with van der Waals surface area (Å²) in [5.41, 5.74) is -0.470. The molecule has 0 bridgehead atoms. The van der Waals surface area contributed by atoms with Crippen molar-refractivity contribution in [3.8, 4) is 0 Å². The molecule has 2 N–H and O–H groups in total. The molecule has 1 saturated heterocycles. The lowest BCUT2D eigenvalue weighted by Gasteiger charge is -2.27. The Morgan fingerprint density at radius 2 is 2.04 bits per heavy atom. The fourth-order valence-electron chi connectivity index (χ4n) is 2.99. The first-order valence-corrected chi connectivity index (χ1v) is 9.47. The molecule has 1 heterocycles. The predicted molar refractivity (Wildman–Crippen MR) is 103 cm³/mol. The summed E-state index contributed by atoms with van der Waals surface area (Å²) in [6, 6.07) is 0.581. The molecule has 0 aromatic rings. The van der Waals surface area contributed by atoms with Gasteiger partial charge in [0.05, 0.1) is 0 Å². The van der Waals surface area contributed by atoms with E-state index in [1.54, 1.807) is 11.9 Å². The Balaban J connectivity index is 2.35. The molecule has 1 aliphatic heterocycles. The molecule has 7 heteroatoms. The SMILES string of the molecule is CCN(CCNC(=NC)NCC1CCCN1CC)C(=O)OC(C)(C)C. The van der Waals surface area contributed by atoms with Gasteiger partial charge < -0.3 is 20.3 Å². The molecule has 7 nitrogen and oxygen atoms in total. The van der Waals surface area contributed by atoms with Crippen LogP contribution < -0.4 is 10.6 Å². The number of amides is 1. The molecule has 1 amide bonds. The number of likely N-dealkylation sites (tertiary alicyclic amines) is 1. The maximum absolute atomic E-state index is 12.1. The van der Waals surface area contributed by atoms with Gasteiger partial charge in [-0.1, -0.05) is 6.92 Å². The van der Waals surface area contributed by atoms with Crippen LogP contribution in [0.5, 0.6) is 0 Å². The Kier molecular flexibility index (Phi) is 9.03. The quantitative estimate of drug-likeness (QED) is 0.539. The monoisotopic (exact) mass is 355 g/mol. The molecule has 1 fully saturated rings. The van der Waals surface area contributed by atoms with Crippen LogP contribution in [0.4, 0.5) is 4.79 Å². The van der Waals surface area contributed by atoms with Gasteiger partial charge in [-0.05, 0) is 53.6 Å². The number of aliphatic imine (C=N–C) groups is 1. The van der Waals surface area contributed by atoms with E-state index < -0.39 is 5.60 Å². The number of carbonyl (C=O) groups excluding carboxylic acids is 1. The van der Waals surface area contributed by atoms with E-state index >= 15 is 0 Å². The summed E-state index contributed by atoms with van der Waals surface area (Å²) in [4.78, 5) is 20.6. The maximum atomic E-state index is 12.1. The lowest BCUT2D eigenvalue weighted by Crippen LogP contribution is -2.47. The molecule has 1 aliphatic rings. The lowest BCUT2D eigenvalue weighted by atomic mass is 10.2. The summed E-state index contributed by atoms with van der Waals surface area (Å²) in [5, 5.41) is 6.68. The standard InChI is InChI=1S/C18H37N5O2/c1-7-22-12-9-10-15(22)14-21-16(19-6)20-11-13-23(8-2)17(24)25-18(3,4)5/h15H,7-14H2,1-6H3,(H2,19,20,21). The van der Waals surface area contributed by atoms with Crippen molar-refractivity contribution in [2.75, 3.05) is 46.3 Å². The summed E-state index contributed by atoms with van der Waals surface area (Å²) in [6.45, 7) is 14.8. The fraction of sp³-hybridized carbons (Fsp3) is 0.889. The molecule has 25 heavy (non-hydrogen) atoms. The van der Waals surface area contributed by atoms with Crippen molar-refractivity contribution >= 4 is 12.1 Å². The molecule has 1 atom stereocenters. The zero-order valence-corrected chi connectivity index (χ0v) is 16.9. The van der Waals surface area contributed by atoms with E-state index in [1.165, 1.54) is 19.4 Å². The van der Waals surface area contributed by atoms with Crippen molar-refractivity contribution < 1.29 is 9.53 Å². The first kappa shape index (κ1) is 21.5. The van der Waals surface area contributed by atoms with Crippen molar-refractivity contribution in [2.45, 2.75) is 59.1 Å². The third-order valence-corrected chi connectivity index (χ3v) is 4.34. The lowest BCUT2D eigenvalue weighted by molar-refractivity contribution is 0.0264. The molecule has 146 valence electrons. The Morgan fingerprint density at radius 1 is 1.32 bits per heavy atom. The highest BCUT2D eigenvalue weighted by molar-refractivity contribution is 5.79. The topological polar surface area (TPSA) is 69.2 Å². The van der Waals surface area contributed by atoms with Gasteiger partial charge in [-0.25, -0.2) is 4.79 Å². The highest BCUT2D eigenvalue weighted by Crippen LogP contribution is 2.15. The summed E-state index contributed by atoms with van der Waals surface area (Å²) < 4.78 is 5.42. The fourth-order valence-corrected chi connectivity index (χ4v) is 2.99. The zero-order valence-electron chi connectivity index (χ0n) is 16.9. The zero-order chi connectivity index (χ0) is 18.9. The summed E-state index contributed by atoms with van der Waals surface area (Å²) in [6.07, 6.45) is 2.23. The minimum atomic E-state index is -0.470. The third-order valence-electron chi connectivity index (χ3n) is 4.34. The summed E-state index contributed by atoms with van der Waals surface area (Å²) in [7, 11) is 1.77.